The SMILES string of the molecule is Nc1nonc1-n1nnc(C(=O)N/N=C\c2ccc(Cl)cc2Cl)c1-c1cccs1. The number of nitrogens with zero attached hydrogens (tertiary/aromatic N) is 6. The average molecular weight is 449 g/mol. The second-order valence-corrected chi connectivity index (χ2v) is 7.31. The molecule has 4 aromatic rings. The summed E-state index contributed by atoms with van der Waals surface area (Å²) < 4.78 is 5.90. The Morgan fingerprint density at radius 1 is 1.31 bits per heavy atom. The fraction of sp³-hybridized carbons (Fsp3) is 0. The Hall–Kier alpha value is -3.28. The van der Waals surface area contributed by atoms with Crippen LogP contribution in [-0.2, 0) is 0 Å². The smallest absolute Gasteiger partial charge is 0.294 e. The molecule has 0 aliphatic heterocycles. The highest BCUT2D eigenvalue weighted by atomic mass is 35.5. The largest absolute Gasteiger partial charge is 0.378 e. The molecule has 0 saturated heterocycles. The van der Waals surface area contributed by atoms with E-state index >= 15 is 0 Å². The van der Waals surface area contributed by atoms with Gasteiger partial charge in [0.1, 0.15) is 5.69 Å². The van der Waals surface area contributed by atoms with Gasteiger partial charge in [-0.25, -0.2) is 10.1 Å². The van der Waals surface area contributed by atoms with Crippen LogP contribution in [0.4, 0.5) is 5.82 Å². The van der Waals surface area contributed by atoms with Crippen molar-refractivity contribution >= 4 is 52.5 Å². The van der Waals surface area contributed by atoms with Crippen LogP contribution in [0.3, 0.4) is 0 Å². The number of carbonyl (C=O) groups is 1. The lowest BCUT2D eigenvalue weighted by Gasteiger charge is -2.03. The van der Waals surface area contributed by atoms with Crippen molar-refractivity contribution in [2.75, 3.05) is 5.73 Å². The summed E-state index contributed by atoms with van der Waals surface area (Å²) in [6, 6.07) is 8.53. The topological polar surface area (TPSA) is 137 Å². The molecular weight excluding hydrogens is 439 g/mol. The van der Waals surface area contributed by atoms with E-state index in [1.54, 1.807) is 24.3 Å². The number of anilines is 1. The number of halogens is 2. The van der Waals surface area contributed by atoms with E-state index in [0.717, 1.165) is 0 Å². The van der Waals surface area contributed by atoms with Crippen LogP contribution in [0.1, 0.15) is 16.1 Å². The molecule has 3 N–H and O–H groups in total. The Labute approximate surface area is 176 Å². The molecule has 1 amide bonds. The number of hydrogen-bond donors (Lipinski definition) is 2. The Balaban J connectivity index is 1.64. The first kappa shape index (κ1) is 19.1. The lowest BCUT2D eigenvalue weighted by Crippen LogP contribution is -2.19. The third kappa shape index (κ3) is 3.83. The van der Waals surface area contributed by atoms with E-state index in [2.05, 4.69) is 35.8 Å². The van der Waals surface area contributed by atoms with Gasteiger partial charge >= 0.3 is 0 Å². The number of amides is 1. The normalized spacial score (nSPS) is 11.2. The number of hydrazone groups is 1. The molecule has 0 fully saturated rings. The molecule has 4 rings (SSSR count). The van der Waals surface area contributed by atoms with Gasteiger partial charge in [0.15, 0.2) is 5.69 Å². The first-order valence-electron chi connectivity index (χ1n) is 7.91. The summed E-state index contributed by atoms with van der Waals surface area (Å²) in [6.07, 6.45) is 1.39. The molecule has 0 spiro atoms. The van der Waals surface area contributed by atoms with Gasteiger partial charge in [0.05, 0.1) is 16.1 Å². The summed E-state index contributed by atoms with van der Waals surface area (Å²) in [6.45, 7) is 0. The van der Waals surface area contributed by atoms with Crippen molar-refractivity contribution in [1.82, 2.24) is 30.7 Å². The highest BCUT2D eigenvalue weighted by Crippen LogP contribution is 2.29. The summed E-state index contributed by atoms with van der Waals surface area (Å²) in [5, 5.41) is 21.8. The molecule has 146 valence electrons. The predicted octanol–water partition coefficient (Wildman–Crippen LogP) is 3.03. The number of nitrogen functional groups attached to an aromatic ring is 1. The Bertz CT molecular complexity index is 1200. The lowest BCUT2D eigenvalue weighted by molar-refractivity contribution is 0.0951. The van der Waals surface area contributed by atoms with Gasteiger partial charge in [-0.15, -0.1) is 16.4 Å². The van der Waals surface area contributed by atoms with Gasteiger partial charge in [0, 0.05) is 10.6 Å². The Morgan fingerprint density at radius 2 is 2.17 bits per heavy atom. The average Bonchev–Trinajstić information content (AvgIpc) is 3.42. The summed E-state index contributed by atoms with van der Waals surface area (Å²) in [4.78, 5) is 13.4. The first-order valence-corrected chi connectivity index (χ1v) is 9.54. The fourth-order valence-corrected chi connectivity index (χ4v) is 3.59. The maximum absolute atomic E-state index is 12.7. The zero-order chi connectivity index (χ0) is 20.4. The Kier molecular flexibility index (Phi) is 5.25. The monoisotopic (exact) mass is 448 g/mol. The van der Waals surface area contributed by atoms with Crippen molar-refractivity contribution in [3.8, 4) is 16.4 Å². The molecule has 29 heavy (non-hydrogen) atoms. The maximum Gasteiger partial charge on any atom is 0.294 e. The summed E-state index contributed by atoms with van der Waals surface area (Å²) in [5.41, 5.74) is 9.13. The third-order valence-electron chi connectivity index (χ3n) is 3.67. The number of nitrogens with two attached hydrogens (primary N) is 1. The number of carbonyl (C=O) groups excluding carboxylic acids is 1. The highest BCUT2D eigenvalue weighted by molar-refractivity contribution is 7.13. The number of hydrogen-bond acceptors (Lipinski definition) is 9. The molecule has 10 nitrogen and oxygen atoms in total. The minimum Gasteiger partial charge on any atom is -0.378 e. The molecule has 0 aliphatic rings. The zero-order valence-corrected chi connectivity index (χ0v) is 16.6. The van der Waals surface area contributed by atoms with E-state index in [0.29, 0.717) is 26.2 Å². The van der Waals surface area contributed by atoms with E-state index in [1.165, 1.54) is 22.2 Å². The van der Waals surface area contributed by atoms with Crippen LogP contribution in [0.2, 0.25) is 10.0 Å². The third-order valence-corrected chi connectivity index (χ3v) is 5.11. The van der Waals surface area contributed by atoms with Crippen molar-refractivity contribution in [1.29, 1.82) is 0 Å². The molecule has 0 atom stereocenters. The molecule has 0 unspecified atom stereocenters. The van der Waals surface area contributed by atoms with E-state index in [-0.39, 0.29) is 17.3 Å². The minimum atomic E-state index is -0.587. The Morgan fingerprint density at radius 3 is 2.86 bits per heavy atom. The molecule has 0 saturated carbocycles. The van der Waals surface area contributed by atoms with Crippen molar-refractivity contribution in [3.05, 3.63) is 57.0 Å². The minimum absolute atomic E-state index is 0.00932. The van der Waals surface area contributed by atoms with Crippen LogP contribution in [0, 0.1) is 0 Å². The number of nitrogens with one attached hydrogen (secondary N) is 1. The van der Waals surface area contributed by atoms with Crippen LogP contribution in [0.15, 0.2) is 45.4 Å². The van der Waals surface area contributed by atoms with Crippen molar-refractivity contribution < 1.29 is 9.42 Å². The molecule has 3 heterocycles. The zero-order valence-electron chi connectivity index (χ0n) is 14.3. The van der Waals surface area contributed by atoms with Crippen LogP contribution >= 0.6 is 34.5 Å². The van der Waals surface area contributed by atoms with E-state index in [9.17, 15) is 4.79 Å². The van der Waals surface area contributed by atoms with Gasteiger partial charge in [-0.2, -0.15) is 9.78 Å². The van der Waals surface area contributed by atoms with Gasteiger partial charge in [-0.3, -0.25) is 4.79 Å². The van der Waals surface area contributed by atoms with Gasteiger partial charge in [-0.1, -0.05) is 40.5 Å². The lowest BCUT2D eigenvalue weighted by atomic mass is 10.2. The van der Waals surface area contributed by atoms with Crippen LogP contribution in [-0.4, -0.2) is 37.4 Å². The molecule has 1 aromatic carbocycles. The molecule has 3 aromatic heterocycles. The van der Waals surface area contributed by atoms with Crippen molar-refractivity contribution in [2.24, 2.45) is 5.10 Å². The standard InChI is InChI=1S/C16H10Cl2N8O2S/c17-9-4-3-8(10(18)6-9)7-20-22-16(27)12-13(11-2-1-5-29-11)26(25-21-12)15-14(19)23-28-24-15/h1-7H,(H2,19,23)(H,22,27)/b20-7-. The number of benzene rings is 1. The van der Waals surface area contributed by atoms with Crippen LogP contribution < -0.4 is 11.2 Å². The molecular formula is C16H10Cl2N8O2S. The van der Waals surface area contributed by atoms with Gasteiger partial charge in [-0.05, 0) is 33.9 Å². The van der Waals surface area contributed by atoms with Gasteiger partial charge < -0.3 is 5.73 Å². The quantitative estimate of drug-likeness (QED) is 0.353. The fourth-order valence-electron chi connectivity index (χ4n) is 2.37. The summed E-state index contributed by atoms with van der Waals surface area (Å²) in [5.74, 6) is -0.456. The van der Waals surface area contributed by atoms with E-state index in [4.69, 9.17) is 28.9 Å². The van der Waals surface area contributed by atoms with Gasteiger partial charge in [0.25, 0.3) is 5.91 Å². The van der Waals surface area contributed by atoms with Gasteiger partial charge in [0.2, 0.25) is 11.6 Å². The van der Waals surface area contributed by atoms with Crippen LogP contribution in [0.5, 0.6) is 0 Å². The maximum atomic E-state index is 12.7. The molecule has 0 radical (unpaired) electrons. The van der Waals surface area contributed by atoms with E-state index < -0.39 is 5.91 Å². The predicted molar refractivity (Wildman–Crippen MR) is 108 cm³/mol. The van der Waals surface area contributed by atoms with E-state index in [1.807, 2.05) is 11.4 Å². The molecule has 13 heteroatoms. The number of rotatable bonds is 5. The number of thiophene rings is 1. The molecule has 0 aliphatic carbocycles. The van der Waals surface area contributed by atoms with Crippen molar-refractivity contribution in [3.63, 3.8) is 0 Å². The van der Waals surface area contributed by atoms with Crippen LogP contribution in [0.25, 0.3) is 16.4 Å². The number of aromatic nitrogens is 5. The highest BCUT2D eigenvalue weighted by Gasteiger charge is 2.25. The second-order valence-electron chi connectivity index (χ2n) is 5.51. The summed E-state index contributed by atoms with van der Waals surface area (Å²) in [7, 11) is 0. The second kappa shape index (κ2) is 7.99. The van der Waals surface area contributed by atoms with Crippen molar-refractivity contribution in [2.45, 2.75) is 0 Å². The summed E-state index contributed by atoms with van der Waals surface area (Å²) >= 11 is 13.3. The first-order chi connectivity index (χ1) is 14.0. The molecule has 0 bridgehead atoms.